The van der Waals surface area contributed by atoms with E-state index in [-0.39, 0.29) is 14.0 Å². The first kappa shape index (κ1) is 27.5. The van der Waals surface area contributed by atoms with Crippen LogP contribution in [0.15, 0.2) is 109 Å². The smallest absolute Gasteiger partial charge is 0.138 e. The third-order valence-electron chi connectivity index (χ3n) is 7.15. The summed E-state index contributed by atoms with van der Waals surface area (Å²) in [4.78, 5) is 0. The summed E-state index contributed by atoms with van der Waals surface area (Å²) in [5.74, 6) is 1.81. The van der Waals surface area contributed by atoms with Gasteiger partial charge in [-0.3, -0.25) is 0 Å². The summed E-state index contributed by atoms with van der Waals surface area (Å²) in [6.45, 7) is 6.34. The molecule has 0 radical (unpaired) electrons. The van der Waals surface area contributed by atoms with Gasteiger partial charge in [-0.2, -0.15) is 0 Å². The van der Waals surface area contributed by atoms with Crippen LogP contribution in [0.25, 0.3) is 33.4 Å². The zero-order valence-electron chi connectivity index (χ0n) is 23.7. The van der Waals surface area contributed by atoms with E-state index in [2.05, 4.69) is 93.6 Å². The predicted octanol–water partition coefficient (Wildman–Crippen LogP) is 8.34. The largest absolute Gasteiger partial charge is 0.507 e. The number of ether oxygens (including phenoxy) is 2. The highest BCUT2D eigenvalue weighted by molar-refractivity contribution is 7.56. The zero-order chi connectivity index (χ0) is 28.3. The Morgan fingerprint density at radius 3 is 1.70 bits per heavy atom. The molecular weight excluding hydrogens is 511 g/mol. The van der Waals surface area contributed by atoms with Gasteiger partial charge in [-0.15, -0.1) is 0 Å². The molecule has 0 bridgehead atoms. The van der Waals surface area contributed by atoms with Crippen LogP contribution in [0.5, 0.6) is 17.2 Å². The average molecular weight is 547 g/mol. The Hall–Kier alpha value is -4.07. The minimum Gasteiger partial charge on any atom is -0.507 e. The van der Waals surface area contributed by atoms with Crippen molar-refractivity contribution in [3.8, 4) is 50.6 Å². The number of hydrogen-bond acceptors (Lipinski definition) is 3. The predicted molar refractivity (Wildman–Crippen MR) is 170 cm³/mol. The number of aromatic hydroxyl groups is 1. The fourth-order valence-electron chi connectivity index (χ4n) is 5.21. The van der Waals surface area contributed by atoms with E-state index >= 15 is 0 Å². The molecule has 5 aromatic carbocycles. The maximum Gasteiger partial charge on any atom is 0.138 e. The lowest BCUT2D eigenvalue weighted by Crippen LogP contribution is -2.16. The Morgan fingerprint density at radius 2 is 1.18 bits per heavy atom. The van der Waals surface area contributed by atoms with E-state index in [1.54, 1.807) is 14.2 Å². The van der Waals surface area contributed by atoms with Gasteiger partial charge >= 0.3 is 0 Å². The van der Waals surface area contributed by atoms with Gasteiger partial charge in [0, 0.05) is 16.4 Å². The van der Waals surface area contributed by atoms with Crippen LogP contribution in [0.1, 0.15) is 26.3 Å². The topological polar surface area (TPSA) is 38.7 Å². The molecule has 0 saturated carbocycles. The average Bonchev–Trinajstić information content (AvgIpc) is 2.98. The van der Waals surface area contributed by atoms with Gasteiger partial charge in [-0.1, -0.05) is 118 Å². The van der Waals surface area contributed by atoms with Crippen LogP contribution in [0, 0.1) is 0 Å². The standard InChI is InChI=1S/C36H35O3P/c1-36(2,3)29-20-13-21-31(33(29)37)40-35-30(38-4)23-22-28(34(35)39-5)32-26(24-14-8-6-9-15-24)18-12-19-27(32)25-16-10-7-11-17-25/h6-23,37,40H,1-5H3. The van der Waals surface area contributed by atoms with Gasteiger partial charge in [0.1, 0.15) is 17.2 Å². The number of phenolic OH excluding ortho intramolecular Hbond substituents is 1. The van der Waals surface area contributed by atoms with Crippen molar-refractivity contribution in [3.63, 3.8) is 0 Å². The van der Waals surface area contributed by atoms with E-state index in [1.165, 1.54) is 0 Å². The van der Waals surface area contributed by atoms with Crippen LogP contribution in [-0.4, -0.2) is 19.3 Å². The van der Waals surface area contributed by atoms with Crippen LogP contribution in [0.2, 0.25) is 0 Å². The summed E-state index contributed by atoms with van der Waals surface area (Å²) >= 11 is 0. The van der Waals surface area contributed by atoms with Crippen LogP contribution < -0.4 is 20.1 Å². The van der Waals surface area contributed by atoms with Crippen molar-refractivity contribution >= 4 is 19.2 Å². The lowest BCUT2D eigenvalue weighted by atomic mass is 9.86. The molecule has 0 spiro atoms. The third kappa shape index (κ3) is 5.35. The SMILES string of the molecule is COc1ccc(-c2c(-c3ccccc3)cccc2-c2ccccc2)c(OC)c1Pc1cccc(C(C)(C)C)c1O. The van der Waals surface area contributed by atoms with E-state index in [1.807, 2.05) is 36.4 Å². The van der Waals surface area contributed by atoms with E-state index in [0.29, 0.717) is 5.75 Å². The summed E-state index contributed by atoms with van der Waals surface area (Å²) in [5, 5.41) is 13.1. The second-order valence-corrected chi connectivity index (χ2v) is 12.0. The Morgan fingerprint density at radius 1 is 0.600 bits per heavy atom. The van der Waals surface area contributed by atoms with Gasteiger partial charge in [0.05, 0.1) is 19.5 Å². The van der Waals surface area contributed by atoms with Crippen molar-refractivity contribution in [3.05, 3.63) is 115 Å². The van der Waals surface area contributed by atoms with Crippen molar-refractivity contribution in [2.45, 2.75) is 26.2 Å². The molecule has 5 rings (SSSR count). The van der Waals surface area contributed by atoms with E-state index in [9.17, 15) is 5.11 Å². The van der Waals surface area contributed by atoms with Crippen LogP contribution in [0.3, 0.4) is 0 Å². The molecule has 202 valence electrons. The molecule has 0 amide bonds. The van der Waals surface area contributed by atoms with Crippen molar-refractivity contribution < 1.29 is 14.6 Å². The second kappa shape index (κ2) is 11.6. The molecular formula is C36H35O3P. The first-order valence-corrected chi connectivity index (χ1v) is 14.4. The lowest BCUT2D eigenvalue weighted by Gasteiger charge is -2.24. The normalized spacial score (nSPS) is 11.6. The van der Waals surface area contributed by atoms with Gasteiger partial charge < -0.3 is 14.6 Å². The molecule has 0 heterocycles. The lowest BCUT2D eigenvalue weighted by molar-refractivity contribution is 0.402. The van der Waals surface area contributed by atoms with Crippen molar-refractivity contribution in [2.24, 2.45) is 0 Å². The number of phenols is 1. The minimum absolute atomic E-state index is 0.130. The molecule has 1 N–H and O–H groups in total. The quantitative estimate of drug-likeness (QED) is 0.209. The summed E-state index contributed by atoms with van der Waals surface area (Å²) in [7, 11) is 3.53. The van der Waals surface area contributed by atoms with Crippen molar-refractivity contribution in [1.29, 1.82) is 0 Å². The van der Waals surface area contributed by atoms with Crippen molar-refractivity contribution in [1.82, 2.24) is 0 Å². The van der Waals surface area contributed by atoms with Gasteiger partial charge in [0.25, 0.3) is 0 Å². The van der Waals surface area contributed by atoms with E-state index < -0.39 is 0 Å². The summed E-state index contributed by atoms with van der Waals surface area (Å²) in [5.41, 5.74) is 7.33. The molecule has 0 aliphatic heterocycles. The second-order valence-electron chi connectivity index (χ2n) is 10.8. The molecule has 40 heavy (non-hydrogen) atoms. The molecule has 0 aliphatic rings. The van der Waals surface area contributed by atoms with Gasteiger partial charge in [-0.25, -0.2) is 0 Å². The highest BCUT2D eigenvalue weighted by Crippen LogP contribution is 2.46. The summed E-state index contributed by atoms with van der Waals surface area (Å²) < 4.78 is 12.1. The molecule has 0 fully saturated rings. The van der Waals surface area contributed by atoms with E-state index in [0.717, 1.165) is 61.1 Å². The van der Waals surface area contributed by atoms with Gasteiger partial charge in [0.2, 0.25) is 0 Å². The van der Waals surface area contributed by atoms with Gasteiger partial charge in [-0.05, 0) is 53.9 Å². The number of hydrogen-bond donors (Lipinski definition) is 1. The monoisotopic (exact) mass is 546 g/mol. The number of methoxy groups -OCH3 is 2. The van der Waals surface area contributed by atoms with Crippen LogP contribution >= 0.6 is 8.58 Å². The molecule has 0 saturated heterocycles. The summed E-state index contributed by atoms with van der Waals surface area (Å²) in [6.07, 6.45) is 0. The maximum absolute atomic E-state index is 11.3. The Kier molecular flexibility index (Phi) is 7.96. The van der Waals surface area contributed by atoms with Crippen molar-refractivity contribution in [2.75, 3.05) is 14.2 Å². The molecule has 5 aromatic rings. The Balaban J connectivity index is 1.78. The third-order valence-corrected chi connectivity index (χ3v) is 8.55. The van der Waals surface area contributed by atoms with Gasteiger partial charge in [0.15, 0.2) is 0 Å². The summed E-state index contributed by atoms with van der Waals surface area (Å²) in [6, 6.07) is 37.5. The molecule has 0 aliphatic carbocycles. The molecule has 1 unspecified atom stereocenters. The van der Waals surface area contributed by atoms with Crippen LogP contribution in [0.4, 0.5) is 0 Å². The Bertz CT molecular complexity index is 1560. The first-order valence-electron chi connectivity index (χ1n) is 13.4. The Labute approximate surface area is 239 Å². The number of rotatable bonds is 7. The molecule has 0 aromatic heterocycles. The van der Waals surface area contributed by atoms with E-state index in [4.69, 9.17) is 9.47 Å². The first-order chi connectivity index (χ1) is 19.3. The van der Waals surface area contributed by atoms with Crippen LogP contribution in [-0.2, 0) is 5.41 Å². The molecule has 4 heteroatoms. The maximum atomic E-state index is 11.3. The highest BCUT2D eigenvalue weighted by atomic mass is 31.1. The minimum atomic E-state index is -0.181. The number of para-hydroxylation sites is 1. The number of benzene rings is 5. The zero-order valence-corrected chi connectivity index (χ0v) is 24.7. The molecule has 1 atom stereocenters. The molecule has 3 nitrogen and oxygen atoms in total. The highest BCUT2D eigenvalue weighted by Gasteiger charge is 2.25. The fraction of sp³-hybridized carbons (Fsp3) is 0.167. The fourth-order valence-corrected chi connectivity index (χ4v) is 6.57.